The van der Waals surface area contributed by atoms with Crippen molar-refractivity contribution < 1.29 is 23.9 Å². The fourth-order valence-corrected chi connectivity index (χ4v) is 3.53. The summed E-state index contributed by atoms with van der Waals surface area (Å²) >= 11 is 1.43. The van der Waals surface area contributed by atoms with Crippen molar-refractivity contribution in [1.82, 2.24) is 4.90 Å². The third kappa shape index (κ3) is 8.21. The van der Waals surface area contributed by atoms with Gasteiger partial charge in [-0.1, -0.05) is 13.8 Å². The number of Topliss-reactive ketones (excluding diaryl/α,β-unsaturated/α-hetero) is 1. The van der Waals surface area contributed by atoms with E-state index in [-0.39, 0.29) is 34.4 Å². The fraction of sp³-hybridized carbons (Fsp3) is 0.857. The van der Waals surface area contributed by atoms with Crippen LogP contribution in [-0.4, -0.2) is 65.0 Å². The van der Waals surface area contributed by atoms with Crippen LogP contribution in [0.1, 0.15) is 67.2 Å². The number of likely N-dealkylation sites (tertiary alicyclic amines) is 1. The molecule has 0 spiro atoms. The number of carbonyl (C=O) groups is 3. The Morgan fingerprint density at radius 1 is 1.11 bits per heavy atom. The smallest absolute Gasteiger partial charge is 0.242 e. The first-order valence-corrected chi connectivity index (χ1v) is 11.3. The zero-order valence-corrected chi connectivity index (χ0v) is 19.3. The van der Waals surface area contributed by atoms with Crippen molar-refractivity contribution in [2.24, 2.45) is 5.92 Å². The first-order valence-electron chi connectivity index (χ1n) is 10.1. The predicted molar refractivity (Wildman–Crippen MR) is 112 cm³/mol. The van der Waals surface area contributed by atoms with E-state index in [4.69, 9.17) is 9.47 Å². The molecule has 0 aromatic heterocycles. The van der Waals surface area contributed by atoms with Crippen molar-refractivity contribution in [1.29, 1.82) is 0 Å². The van der Waals surface area contributed by atoms with E-state index in [0.717, 1.165) is 0 Å². The van der Waals surface area contributed by atoms with Gasteiger partial charge in [-0.25, -0.2) is 0 Å². The van der Waals surface area contributed by atoms with Gasteiger partial charge < -0.3 is 9.47 Å². The topological polar surface area (TPSA) is 72.9 Å². The van der Waals surface area contributed by atoms with E-state index in [2.05, 4.69) is 0 Å². The van der Waals surface area contributed by atoms with Gasteiger partial charge in [0.2, 0.25) is 11.8 Å². The molecule has 1 fully saturated rings. The Hall–Kier alpha value is -0.920. The van der Waals surface area contributed by atoms with Crippen molar-refractivity contribution in [3.63, 3.8) is 0 Å². The second-order valence-electron chi connectivity index (χ2n) is 8.90. The fourth-order valence-electron chi connectivity index (χ4n) is 2.89. The molecular weight excluding hydrogens is 378 g/mol. The lowest BCUT2D eigenvalue weighted by atomic mass is 10.0. The lowest BCUT2D eigenvalue weighted by Gasteiger charge is -2.30. The van der Waals surface area contributed by atoms with Crippen molar-refractivity contribution >= 4 is 29.4 Å². The second-order valence-corrected chi connectivity index (χ2v) is 9.94. The molecule has 1 unspecified atom stereocenters. The van der Waals surface area contributed by atoms with E-state index in [9.17, 15) is 14.4 Å². The van der Waals surface area contributed by atoms with Gasteiger partial charge >= 0.3 is 0 Å². The third-order valence-electron chi connectivity index (χ3n) is 5.11. The highest BCUT2D eigenvalue weighted by atomic mass is 32.2. The molecule has 0 saturated carbocycles. The Kier molecular flexibility index (Phi) is 9.64. The summed E-state index contributed by atoms with van der Waals surface area (Å²) in [5.74, 6) is 0.0729. The van der Waals surface area contributed by atoms with Gasteiger partial charge in [0.1, 0.15) is 5.78 Å². The van der Waals surface area contributed by atoms with Gasteiger partial charge in [-0.15, -0.1) is 0 Å². The van der Waals surface area contributed by atoms with Crippen LogP contribution in [0.2, 0.25) is 0 Å². The molecule has 2 amide bonds. The first kappa shape index (κ1) is 25.1. The zero-order chi connectivity index (χ0) is 21.5. The zero-order valence-electron chi connectivity index (χ0n) is 18.5. The molecule has 0 aromatic carbocycles. The number of carbonyl (C=O) groups excluding carboxylic acids is 3. The first-order chi connectivity index (χ1) is 12.9. The van der Waals surface area contributed by atoms with Crippen molar-refractivity contribution in [3.05, 3.63) is 0 Å². The van der Waals surface area contributed by atoms with Gasteiger partial charge in [-0.2, -0.15) is 11.8 Å². The van der Waals surface area contributed by atoms with E-state index in [1.54, 1.807) is 0 Å². The minimum atomic E-state index is -0.443. The summed E-state index contributed by atoms with van der Waals surface area (Å²) in [5, 5.41) is -0.239. The maximum Gasteiger partial charge on any atom is 0.242 e. The summed E-state index contributed by atoms with van der Waals surface area (Å²) < 4.78 is 11.9. The molecule has 6 nitrogen and oxygen atoms in total. The van der Waals surface area contributed by atoms with Crippen molar-refractivity contribution in [2.75, 3.05) is 26.0 Å². The lowest BCUT2D eigenvalue weighted by molar-refractivity contribution is -0.139. The highest BCUT2D eigenvalue weighted by molar-refractivity contribution is 8.00. The summed E-state index contributed by atoms with van der Waals surface area (Å²) in [6, 6.07) is 0. The van der Waals surface area contributed by atoms with Crippen LogP contribution in [0, 0.1) is 5.92 Å². The van der Waals surface area contributed by atoms with E-state index in [1.165, 1.54) is 16.7 Å². The van der Waals surface area contributed by atoms with E-state index >= 15 is 0 Å². The lowest BCUT2D eigenvalue weighted by Crippen LogP contribution is -2.38. The van der Waals surface area contributed by atoms with Gasteiger partial charge in [0.15, 0.2) is 0 Å². The Balaban J connectivity index is 2.35. The average Bonchev–Trinajstić information content (AvgIpc) is 2.85. The van der Waals surface area contributed by atoms with Crippen LogP contribution < -0.4 is 0 Å². The number of ether oxygens (including phenoxy) is 2. The Bertz CT molecular complexity index is 559. The molecular formula is C21H37NO5S. The highest BCUT2D eigenvalue weighted by Gasteiger charge is 2.38. The standard InChI is InChI=1S/C21H37NO5S/c1-15(2)16(23)8-12-26-21(5,6)10-13-27-20(3,4)9-11-22-18(24)14-17(28-7)19(22)25/h15,17H,8-14H2,1-7H3. The molecule has 1 heterocycles. The van der Waals surface area contributed by atoms with Crippen molar-refractivity contribution in [3.8, 4) is 0 Å². The summed E-state index contributed by atoms with van der Waals surface area (Å²) in [4.78, 5) is 37.3. The minimum absolute atomic E-state index is 0.0383. The molecule has 162 valence electrons. The van der Waals surface area contributed by atoms with Gasteiger partial charge in [0.05, 0.1) is 29.7 Å². The Morgan fingerprint density at radius 3 is 2.21 bits per heavy atom. The quantitative estimate of drug-likeness (QED) is 0.429. The molecule has 1 atom stereocenters. The number of amides is 2. The van der Waals surface area contributed by atoms with E-state index in [1.807, 2.05) is 47.8 Å². The van der Waals surface area contributed by atoms with Crippen LogP contribution in [0.25, 0.3) is 0 Å². The van der Waals surface area contributed by atoms with Crippen LogP contribution in [0.3, 0.4) is 0 Å². The molecule has 1 rings (SSSR count). The number of imide groups is 1. The number of thioether (sulfide) groups is 1. The molecule has 7 heteroatoms. The maximum absolute atomic E-state index is 12.2. The van der Waals surface area contributed by atoms with E-state index in [0.29, 0.717) is 45.4 Å². The van der Waals surface area contributed by atoms with Gasteiger partial charge in [-0.05, 0) is 46.8 Å². The SMILES string of the molecule is CSC1CC(=O)N(CCC(C)(C)OCCC(C)(C)OCCC(=O)C(C)C)C1=O. The number of hydrogen-bond donors (Lipinski definition) is 0. The summed E-state index contributed by atoms with van der Waals surface area (Å²) in [6.07, 6.45) is 3.88. The Labute approximate surface area is 174 Å². The molecule has 1 aliphatic heterocycles. The second kappa shape index (κ2) is 10.7. The number of ketones is 1. The van der Waals surface area contributed by atoms with Crippen LogP contribution in [0.15, 0.2) is 0 Å². The largest absolute Gasteiger partial charge is 0.375 e. The molecule has 28 heavy (non-hydrogen) atoms. The molecule has 0 aliphatic carbocycles. The van der Waals surface area contributed by atoms with Gasteiger partial charge in [0, 0.05) is 25.3 Å². The van der Waals surface area contributed by atoms with Crippen LogP contribution in [-0.2, 0) is 23.9 Å². The van der Waals surface area contributed by atoms with Gasteiger partial charge in [-0.3, -0.25) is 19.3 Å². The molecule has 0 N–H and O–H groups in total. The predicted octanol–water partition coefficient (Wildman–Crippen LogP) is 3.46. The number of hydrogen-bond acceptors (Lipinski definition) is 6. The van der Waals surface area contributed by atoms with Gasteiger partial charge in [0.25, 0.3) is 0 Å². The van der Waals surface area contributed by atoms with Crippen molar-refractivity contribution in [2.45, 2.75) is 83.7 Å². The summed E-state index contributed by atoms with van der Waals surface area (Å²) in [7, 11) is 0. The summed E-state index contributed by atoms with van der Waals surface area (Å²) in [5.41, 5.74) is -0.818. The molecule has 0 radical (unpaired) electrons. The third-order valence-corrected chi connectivity index (χ3v) is 6.04. The highest BCUT2D eigenvalue weighted by Crippen LogP contribution is 2.25. The maximum atomic E-state index is 12.2. The Morgan fingerprint density at radius 2 is 1.68 bits per heavy atom. The molecule has 0 aromatic rings. The normalized spacial score (nSPS) is 18.4. The number of nitrogens with zero attached hydrogens (tertiary/aromatic N) is 1. The van der Waals surface area contributed by atoms with Crippen LogP contribution in [0.5, 0.6) is 0 Å². The summed E-state index contributed by atoms with van der Waals surface area (Å²) in [6.45, 7) is 13.0. The minimum Gasteiger partial charge on any atom is -0.375 e. The van der Waals surface area contributed by atoms with Crippen LogP contribution >= 0.6 is 11.8 Å². The van der Waals surface area contributed by atoms with Crippen LogP contribution in [0.4, 0.5) is 0 Å². The van der Waals surface area contributed by atoms with E-state index < -0.39 is 5.60 Å². The average molecular weight is 416 g/mol. The number of rotatable bonds is 13. The molecule has 0 bridgehead atoms. The monoisotopic (exact) mass is 415 g/mol. The molecule has 1 aliphatic rings. The molecule has 1 saturated heterocycles.